The third-order valence-electron chi connectivity index (χ3n) is 2.50. The van der Waals surface area contributed by atoms with Crippen LogP contribution >= 0.6 is 23.6 Å². The van der Waals surface area contributed by atoms with Crippen molar-refractivity contribution in [1.82, 2.24) is 4.98 Å². The molecule has 0 aliphatic carbocycles. The third kappa shape index (κ3) is 2.70. The molecule has 8 heteroatoms. The number of benzene rings is 1. The average molecular weight is 307 g/mol. The van der Waals surface area contributed by atoms with Gasteiger partial charge in [0.05, 0.1) is 12.4 Å². The molecular weight excluding hydrogens is 298 g/mol. The molecule has 0 bridgehead atoms. The Morgan fingerprint density at radius 3 is 2.85 bits per heavy atom. The van der Waals surface area contributed by atoms with Crippen LogP contribution in [-0.2, 0) is 0 Å². The van der Waals surface area contributed by atoms with Crippen LogP contribution in [0.25, 0.3) is 0 Å². The lowest BCUT2D eigenvalue weighted by atomic mass is 10.2. The highest BCUT2D eigenvalue weighted by Gasteiger charge is 2.12. The maximum absolute atomic E-state index is 9.47. The summed E-state index contributed by atoms with van der Waals surface area (Å²) in [5.74, 6) is 1.42. The monoisotopic (exact) mass is 307 g/mol. The predicted molar refractivity (Wildman–Crippen MR) is 78.9 cm³/mol. The number of ether oxygens (including phenoxy) is 2. The molecule has 20 heavy (non-hydrogen) atoms. The van der Waals surface area contributed by atoms with E-state index in [-0.39, 0.29) is 12.7 Å². The molecule has 2 N–H and O–H groups in total. The van der Waals surface area contributed by atoms with Crippen LogP contribution in [0.15, 0.2) is 28.4 Å². The van der Waals surface area contributed by atoms with Gasteiger partial charge >= 0.3 is 0 Å². The van der Waals surface area contributed by atoms with E-state index >= 15 is 0 Å². The average Bonchev–Trinajstić information content (AvgIpc) is 3.00. The zero-order valence-corrected chi connectivity index (χ0v) is 11.7. The number of rotatable bonds is 3. The van der Waals surface area contributed by atoms with Crippen molar-refractivity contribution in [2.24, 2.45) is 10.2 Å². The molecule has 0 spiro atoms. The summed E-state index contributed by atoms with van der Waals surface area (Å²) in [5, 5.41) is 17.2. The van der Waals surface area contributed by atoms with Crippen molar-refractivity contribution < 1.29 is 14.6 Å². The van der Waals surface area contributed by atoms with Crippen LogP contribution in [0.5, 0.6) is 17.4 Å². The lowest BCUT2D eigenvalue weighted by molar-refractivity contribution is 0.174. The topological polar surface area (TPSA) is 79.2 Å². The zero-order valence-electron chi connectivity index (χ0n) is 10.1. The van der Waals surface area contributed by atoms with Crippen LogP contribution in [-0.4, -0.2) is 29.3 Å². The van der Waals surface area contributed by atoms with Gasteiger partial charge in [0, 0.05) is 0 Å². The van der Waals surface area contributed by atoms with Crippen molar-refractivity contribution >= 4 is 36.0 Å². The number of hydrogen-bond donors (Lipinski definition) is 2. The quantitative estimate of drug-likeness (QED) is 0.519. The fraction of sp³-hybridized carbons (Fsp3) is 0.0833. The molecule has 2 aromatic rings. The summed E-state index contributed by atoms with van der Waals surface area (Å²) in [6.07, 6.45) is 3.03. The Morgan fingerprint density at radius 1 is 1.25 bits per heavy atom. The Labute approximate surface area is 123 Å². The zero-order chi connectivity index (χ0) is 13.9. The minimum atomic E-state index is 0.00188. The van der Waals surface area contributed by atoms with Crippen LogP contribution in [0.4, 0.5) is 0 Å². The molecule has 1 aromatic heterocycles. The van der Waals surface area contributed by atoms with E-state index in [2.05, 4.69) is 15.2 Å². The van der Waals surface area contributed by atoms with E-state index in [4.69, 9.17) is 21.7 Å². The van der Waals surface area contributed by atoms with Gasteiger partial charge in [-0.2, -0.15) is 10.2 Å². The fourth-order valence-electron chi connectivity index (χ4n) is 1.60. The van der Waals surface area contributed by atoms with E-state index < -0.39 is 0 Å². The van der Waals surface area contributed by atoms with Gasteiger partial charge in [0.15, 0.2) is 15.5 Å². The van der Waals surface area contributed by atoms with Crippen LogP contribution in [0.2, 0.25) is 0 Å². The first kappa shape index (κ1) is 12.8. The summed E-state index contributed by atoms with van der Waals surface area (Å²) in [5.41, 5.74) is 0.845. The Kier molecular flexibility index (Phi) is 3.48. The molecule has 2 heterocycles. The van der Waals surface area contributed by atoms with E-state index in [1.165, 1.54) is 17.6 Å². The lowest BCUT2D eigenvalue weighted by Crippen LogP contribution is -1.92. The first-order valence-electron chi connectivity index (χ1n) is 5.60. The molecule has 0 fully saturated rings. The summed E-state index contributed by atoms with van der Waals surface area (Å²) in [7, 11) is 0. The van der Waals surface area contributed by atoms with Gasteiger partial charge in [-0.25, -0.2) is 0 Å². The Balaban J connectivity index is 1.71. The molecule has 0 saturated carbocycles. The number of nitrogens with one attached hydrogen (secondary N) is 1. The minimum absolute atomic E-state index is 0.00188. The number of H-pyrrole nitrogens is 1. The molecule has 0 saturated heterocycles. The van der Waals surface area contributed by atoms with Crippen LogP contribution in [0.3, 0.4) is 0 Å². The molecule has 0 atom stereocenters. The van der Waals surface area contributed by atoms with E-state index in [0.29, 0.717) is 14.6 Å². The normalized spacial score (nSPS) is 13.6. The molecule has 3 rings (SSSR count). The smallest absolute Gasteiger partial charge is 0.231 e. The first-order valence-corrected chi connectivity index (χ1v) is 6.83. The van der Waals surface area contributed by atoms with E-state index in [1.807, 2.05) is 18.2 Å². The van der Waals surface area contributed by atoms with E-state index in [1.54, 1.807) is 6.21 Å². The van der Waals surface area contributed by atoms with Gasteiger partial charge in [-0.1, -0.05) is 11.3 Å². The van der Waals surface area contributed by atoms with Gasteiger partial charge in [0.2, 0.25) is 12.7 Å². The molecular formula is C12H9N3O3S2. The van der Waals surface area contributed by atoms with E-state index in [9.17, 15) is 5.11 Å². The van der Waals surface area contributed by atoms with Gasteiger partial charge in [0.1, 0.15) is 4.88 Å². The number of aromatic amines is 1. The van der Waals surface area contributed by atoms with Gasteiger partial charge < -0.3 is 19.6 Å². The highest BCUT2D eigenvalue weighted by atomic mass is 32.1. The number of nitrogens with zero attached hydrogens (tertiary/aromatic N) is 2. The van der Waals surface area contributed by atoms with Crippen molar-refractivity contribution in [3.05, 3.63) is 32.6 Å². The standard InChI is InChI=1S/C12H9N3O3S2/c16-11-10(20-12(19)15-11)5-14-13-4-7-1-2-8-9(3-7)18-6-17-8/h1-5,16H,6H2,(H,15,19). The molecule has 0 amide bonds. The molecule has 1 aliphatic heterocycles. The van der Waals surface area contributed by atoms with Crippen molar-refractivity contribution in [3.8, 4) is 17.4 Å². The molecule has 102 valence electrons. The maximum Gasteiger partial charge on any atom is 0.231 e. The number of aromatic hydroxyl groups is 1. The van der Waals surface area contributed by atoms with Crippen molar-refractivity contribution in [2.75, 3.05) is 6.79 Å². The van der Waals surface area contributed by atoms with Gasteiger partial charge in [0.25, 0.3) is 0 Å². The summed E-state index contributed by atoms with van der Waals surface area (Å²) < 4.78 is 11.0. The first-order chi connectivity index (χ1) is 9.72. The van der Waals surface area contributed by atoms with Gasteiger partial charge in [-0.15, -0.1) is 0 Å². The SMILES string of the molecule is Oc1[nH]c(=S)sc1C=NN=Cc1ccc2c(c1)OCO2. The molecule has 0 unspecified atom stereocenters. The molecule has 0 radical (unpaired) electrons. The Bertz CT molecular complexity index is 749. The number of hydrogen-bond acceptors (Lipinski definition) is 7. The largest absolute Gasteiger partial charge is 0.494 e. The second-order valence-electron chi connectivity index (χ2n) is 3.83. The third-order valence-corrected chi connectivity index (χ3v) is 3.66. The van der Waals surface area contributed by atoms with Crippen molar-refractivity contribution in [1.29, 1.82) is 0 Å². The number of thiazole rings is 1. The minimum Gasteiger partial charge on any atom is -0.494 e. The molecule has 1 aliphatic rings. The Morgan fingerprint density at radius 2 is 2.05 bits per heavy atom. The highest BCUT2D eigenvalue weighted by Crippen LogP contribution is 2.31. The second kappa shape index (κ2) is 5.43. The van der Waals surface area contributed by atoms with Gasteiger partial charge in [-0.3, -0.25) is 0 Å². The molecule has 6 nitrogen and oxygen atoms in total. The van der Waals surface area contributed by atoms with E-state index in [0.717, 1.165) is 11.3 Å². The van der Waals surface area contributed by atoms with Crippen molar-refractivity contribution in [3.63, 3.8) is 0 Å². The van der Waals surface area contributed by atoms with Crippen molar-refractivity contribution in [2.45, 2.75) is 0 Å². The maximum atomic E-state index is 9.47. The second-order valence-corrected chi connectivity index (χ2v) is 5.55. The number of fused-ring (bicyclic) bond motifs is 1. The lowest BCUT2D eigenvalue weighted by Gasteiger charge is -1.95. The Hall–Kier alpha value is -2.19. The summed E-state index contributed by atoms with van der Waals surface area (Å²) in [6.45, 7) is 0.242. The number of aromatic nitrogens is 1. The highest BCUT2D eigenvalue weighted by molar-refractivity contribution is 7.73. The summed E-state index contributed by atoms with van der Waals surface area (Å²) in [4.78, 5) is 3.15. The van der Waals surface area contributed by atoms with Crippen LogP contribution < -0.4 is 9.47 Å². The van der Waals surface area contributed by atoms with Gasteiger partial charge in [-0.05, 0) is 36.0 Å². The summed E-state index contributed by atoms with van der Waals surface area (Å²) in [6, 6.07) is 5.49. The molecule has 1 aromatic carbocycles. The predicted octanol–water partition coefficient (Wildman–Crippen LogP) is 2.69. The fourth-order valence-corrected chi connectivity index (χ4v) is 2.56. The van der Waals surface area contributed by atoms with Crippen LogP contribution in [0.1, 0.15) is 10.4 Å². The van der Waals surface area contributed by atoms with Crippen LogP contribution in [0, 0.1) is 3.95 Å². The summed E-state index contributed by atoms with van der Waals surface area (Å²) >= 11 is 6.13.